The van der Waals surface area contributed by atoms with E-state index in [0.717, 1.165) is 20.7 Å². The molecule has 3 aromatic heterocycles. The second-order valence-corrected chi connectivity index (χ2v) is 7.85. The van der Waals surface area contributed by atoms with Gasteiger partial charge in [-0.3, -0.25) is 9.78 Å². The lowest BCUT2D eigenvalue weighted by Gasteiger charge is -2.06. The molecule has 0 atom stereocenters. The predicted octanol–water partition coefficient (Wildman–Crippen LogP) is 5.08. The molecule has 0 radical (unpaired) electrons. The van der Waals surface area contributed by atoms with Crippen LogP contribution in [0.4, 0.5) is 0 Å². The molecule has 29 heavy (non-hydrogen) atoms. The highest BCUT2D eigenvalue weighted by Crippen LogP contribution is 2.23. The zero-order valence-corrected chi connectivity index (χ0v) is 17.5. The number of amides is 1. The monoisotopic (exact) mass is 466 g/mol. The third-order valence-electron chi connectivity index (χ3n) is 3.95. The number of nitrogens with one attached hydrogen (secondary N) is 1. The number of hydrogen-bond acceptors (Lipinski definition) is 6. The number of benzene rings is 1. The molecule has 0 spiro atoms. The summed E-state index contributed by atoms with van der Waals surface area (Å²) in [5.74, 6) is 0.867. The van der Waals surface area contributed by atoms with Gasteiger partial charge >= 0.3 is 0 Å². The summed E-state index contributed by atoms with van der Waals surface area (Å²) in [7, 11) is 0. The smallest absolute Gasteiger partial charge is 0.253 e. The summed E-state index contributed by atoms with van der Waals surface area (Å²) >= 11 is 4.90. The Morgan fingerprint density at radius 1 is 1.14 bits per heavy atom. The fraction of sp³-hybridized carbons (Fsp3) is 0.0476. The summed E-state index contributed by atoms with van der Waals surface area (Å²) in [6, 6.07) is 14.6. The molecule has 0 aliphatic heterocycles. The van der Waals surface area contributed by atoms with Crippen molar-refractivity contribution in [2.24, 2.45) is 0 Å². The molecule has 6 nitrogen and oxygen atoms in total. The molecule has 144 valence electrons. The molecule has 0 unspecified atom stereocenters. The van der Waals surface area contributed by atoms with Gasteiger partial charge in [0.15, 0.2) is 0 Å². The number of ether oxygens (including phenoxy) is 1. The highest BCUT2D eigenvalue weighted by atomic mass is 79.9. The quantitative estimate of drug-likeness (QED) is 0.428. The zero-order chi connectivity index (χ0) is 20.1. The van der Waals surface area contributed by atoms with Crippen LogP contribution in [0.25, 0.3) is 11.3 Å². The summed E-state index contributed by atoms with van der Waals surface area (Å²) in [4.78, 5) is 25.1. The van der Waals surface area contributed by atoms with Crippen molar-refractivity contribution in [2.75, 3.05) is 0 Å². The zero-order valence-electron chi connectivity index (χ0n) is 15.1. The maximum Gasteiger partial charge on any atom is 0.253 e. The van der Waals surface area contributed by atoms with Crippen LogP contribution in [-0.2, 0) is 6.54 Å². The van der Waals surface area contributed by atoms with Gasteiger partial charge in [0, 0.05) is 40.1 Å². The summed E-state index contributed by atoms with van der Waals surface area (Å²) < 4.78 is 6.60. The molecule has 0 fully saturated rings. The standard InChI is InChI=1S/C21H15BrN4O2S/c22-16-2-1-3-17(10-16)28-19-5-4-15(11-24-19)21(27)25-12-20-26-18(13-29-20)14-6-8-23-9-7-14/h1-11,13H,12H2,(H,25,27). The molecule has 0 saturated carbocycles. The van der Waals surface area contributed by atoms with Crippen molar-refractivity contribution in [1.82, 2.24) is 20.3 Å². The molecule has 3 heterocycles. The summed E-state index contributed by atoms with van der Waals surface area (Å²) in [6.07, 6.45) is 4.95. The third kappa shape index (κ3) is 5.04. The molecule has 4 rings (SSSR count). The van der Waals surface area contributed by atoms with Gasteiger partial charge in [0.05, 0.1) is 17.8 Å². The first kappa shape index (κ1) is 19.2. The molecule has 0 saturated heterocycles. The predicted molar refractivity (Wildman–Crippen MR) is 115 cm³/mol. The Balaban J connectivity index is 1.35. The van der Waals surface area contributed by atoms with Crippen molar-refractivity contribution in [1.29, 1.82) is 0 Å². The molecule has 0 bridgehead atoms. The summed E-state index contributed by atoms with van der Waals surface area (Å²) in [6.45, 7) is 0.352. The van der Waals surface area contributed by atoms with E-state index in [1.165, 1.54) is 17.5 Å². The van der Waals surface area contributed by atoms with Crippen molar-refractivity contribution in [2.45, 2.75) is 6.54 Å². The third-order valence-corrected chi connectivity index (χ3v) is 5.29. The second-order valence-electron chi connectivity index (χ2n) is 5.99. The van der Waals surface area contributed by atoms with Gasteiger partial charge in [-0.15, -0.1) is 11.3 Å². The average Bonchev–Trinajstić information content (AvgIpc) is 3.22. The van der Waals surface area contributed by atoms with Crippen LogP contribution in [0.1, 0.15) is 15.4 Å². The SMILES string of the molecule is O=C(NCc1nc(-c2ccncc2)cs1)c1ccc(Oc2cccc(Br)c2)nc1. The Kier molecular flexibility index (Phi) is 5.92. The topological polar surface area (TPSA) is 77.0 Å². The molecular formula is C21H15BrN4O2S. The number of thiazole rings is 1. The van der Waals surface area contributed by atoms with Crippen molar-refractivity contribution in [3.63, 3.8) is 0 Å². The molecule has 4 aromatic rings. The van der Waals surface area contributed by atoms with E-state index in [2.05, 4.69) is 36.2 Å². The van der Waals surface area contributed by atoms with Crippen molar-refractivity contribution in [3.8, 4) is 22.9 Å². The first-order valence-corrected chi connectivity index (χ1v) is 10.4. The van der Waals surface area contributed by atoms with E-state index in [0.29, 0.717) is 23.7 Å². The van der Waals surface area contributed by atoms with E-state index >= 15 is 0 Å². The number of rotatable bonds is 6. The number of carbonyl (C=O) groups excluding carboxylic acids is 1. The molecule has 1 amide bonds. The van der Waals surface area contributed by atoms with Crippen molar-refractivity contribution in [3.05, 3.63) is 87.5 Å². The Hall–Kier alpha value is -3.10. The van der Waals surface area contributed by atoms with Crippen LogP contribution in [-0.4, -0.2) is 20.9 Å². The Morgan fingerprint density at radius 2 is 2.00 bits per heavy atom. The first-order valence-electron chi connectivity index (χ1n) is 8.70. The Labute approximate surface area is 179 Å². The largest absolute Gasteiger partial charge is 0.439 e. The lowest BCUT2D eigenvalue weighted by molar-refractivity contribution is 0.0950. The van der Waals surface area contributed by atoms with Crippen LogP contribution in [0.15, 0.2) is 77.0 Å². The number of hydrogen-bond donors (Lipinski definition) is 1. The van der Waals surface area contributed by atoms with Gasteiger partial charge in [0.25, 0.3) is 5.91 Å². The molecule has 8 heteroatoms. The fourth-order valence-corrected chi connectivity index (χ4v) is 3.65. The molecule has 0 aliphatic rings. The van der Waals surface area contributed by atoms with Crippen LogP contribution in [0.3, 0.4) is 0 Å². The van der Waals surface area contributed by atoms with Gasteiger partial charge in [-0.05, 0) is 36.4 Å². The maximum absolute atomic E-state index is 12.4. The summed E-state index contributed by atoms with van der Waals surface area (Å²) in [5.41, 5.74) is 2.33. The van der Waals surface area contributed by atoms with E-state index in [1.807, 2.05) is 41.8 Å². The highest BCUT2D eigenvalue weighted by molar-refractivity contribution is 9.10. The Morgan fingerprint density at radius 3 is 2.76 bits per heavy atom. The van der Waals surface area contributed by atoms with Crippen LogP contribution in [0.5, 0.6) is 11.6 Å². The van der Waals surface area contributed by atoms with E-state index in [1.54, 1.807) is 24.5 Å². The molecule has 1 N–H and O–H groups in total. The highest BCUT2D eigenvalue weighted by Gasteiger charge is 2.09. The second kappa shape index (κ2) is 8.93. The van der Waals surface area contributed by atoms with Crippen LogP contribution in [0, 0.1) is 0 Å². The number of pyridine rings is 2. The minimum Gasteiger partial charge on any atom is -0.439 e. The lowest BCUT2D eigenvalue weighted by Crippen LogP contribution is -2.22. The summed E-state index contributed by atoms with van der Waals surface area (Å²) in [5, 5.41) is 5.66. The van der Waals surface area contributed by atoms with Gasteiger partial charge in [-0.2, -0.15) is 0 Å². The number of halogens is 1. The minimum absolute atomic E-state index is 0.216. The van der Waals surface area contributed by atoms with Gasteiger partial charge in [0.2, 0.25) is 5.88 Å². The minimum atomic E-state index is -0.216. The van der Waals surface area contributed by atoms with Crippen LogP contribution < -0.4 is 10.1 Å². The van der Waals surface area contributed by atoms with Crippen LogP contribution in [0.2, 0.25) is 0 Å². The first-order chi connectivity index (χ1) is 14.2. The average molecular weight is 467 g/mol. The molecule has 0 aliphatic carbocycles. The van der Waals surface area contributed by atoms with Crippen molar-refractivity contribution < 1.29 is 9.53 Å². The molecular weight excluding hydrogens is 452 g/mol. The van der Waals surface area contributed by atoms with E-state index in [4.69, 9.17) is 4.74 Å². The van der Waals surface area contributed by atoms with Crippen LogP contribution >= 0.6 is 27.3 Å². The normalized spacial score (nSPS) is 10.5. The van der Waals surface area contributed by atoms with Gasteiger partial charge in [0.1, 0.15) is 10.8 Å². The number of aromatic nitrogens is 3. The van der Waals surface area contributed by atoms with E-state index < -0.39 is 0 Å². The maximum atomic E-state index is 12.4. The van der Waals surface area contributed by atoms with Crippen molar-refractivity contribution >= 4 is 33.2 Å². The number of carbonyl (C=O) groups is 1. The fourth-order valence-electron chi connectivity index (χ4n) is 2.53. The van der Waals surface area contributed by atoms with Gasteiger partial charge in [-0.25, -0.2) is 9.97 Å². The Bertz CT molecular complexity index is 1120. The van der Waals surface area contributed by atoms with E-state index in [-0.39, 0.29) is 5.91 Å². The van der Waals surface area contributed by atoms with Gasteiger partial charge < -0.3 is 10.1 Å². The lowest BCUT2D eigenvalue weighted by atomic mass is 10.2. The van der Waals surface area contributed by atoms with E-state index in [9.17, 15) is 4.79 Å². The molecule has 1 aromatic carbocycles. The van der Waals surface area contributed by atoms with Gasteiger partial charge in [-0.1, -0.05) is 22.0 Å². The number of nitrogens with zero attached hydrogens (tertiary/aromatic N) is 3.